The number of hydrogen-bond acceptors (Lipinski definition) is 6. The summed E-state index contributed by atoms with van der Waals surface area (Å²) in [5.74, 6) is 1.32. The van der Waals surface area contributed by atoms with Gasteiger partial charge in [0.05, 0.1) is 36.7 Å². The van der Waals surface area contributed by atoms with E-state index in [4.69, 9.17) is 9.47 Å². The topological polar surface area (TPSA) is 91.7 Å². The molecule has 0 radical (unpaired) electrons. The Morgan fingerprint density at radius 1 is 1.13 bits per heavy atom. The largest absolute Gasteiger partial charge is 0.507 e. The number of carbonyl (C=O) groups excluding carboxylic acids is 2. The summed E-state index contributed by atoms with van der Waals surface area (Å²) in [4.78, 5) is 34.7. The molecule has 6 rings (SSSR count). The van der Waals surface area contributed by atoms with Crippen molar-refractivity contribution in [3.05, 3.63) is 53.6 Å². The van der Waals surface area contributed by atoms with Crippen LogP contribution in [0.25, 0.3) is 10.8 Å². The highest BCUT2D eigenvalue weighted by molar-refractivity contribution is 6.04. The fourth-order valence-electron chi connectivity index (χ4n) is 6.13. The number of phenols is 1. The molecular formula is C31H33N3O5. The first-order valence-corrected chi connectivity index (χ1v) is 13.7. The van der Waals surface area contributed by atoms with Gasteiger partial charge in [-0.05, 0) is 42.7 Å². The molecule has 3 aromatic carbocycles. The van der Waals surface area contributed by atoms with Crippen LogP contribution < -0.4 is 14.4 Å². The number of hydrogen-bond donors (Lipinski definition) is 1. The average molecular weight is 528 g/mol. The molecule has 39 heavy (non-hydrogen) atoms. The average Bonchev–Trinajstić information content (AvgIpc) is 3.22. The number of aliphatic imine (C=N–C) groups is 1. The van der Waals surface area contributed by atoms with Crippen molar-refractivity contribution >= 4 is 40.2 Å². The molecule has 1 N–H and O–H groups in total. The van der Waals surface area contributed by atoms with Crippen LogP contribution >= 0.6 is 0 Å². The van der Waals surface area contributed by atoms with E-state index >= 15 is 0 Å². The summed E-state index contributed by atoms with van der Waals surface area (Å²) in [6, 6.07) is 13.0. The summed E-state index contributed by atoms with van der Waals surface area (Å²) < 4.78 is 11.6. The van der Waals surface area contributed by atoms with Gasteiger partial charge in [0.1, 0.15) is 5.75 Å². The molecule has 8 nitrogen and oxygen atoms in total. The number of rotatable bonds is 6. The van der Waals surface area contributed by atoms with E-state index in [1.807, 2.05) is 35.4 Å². The van der Waals surface area contributed by atoms with E-state index in [0.29, 0.717) is 48.7 Å². The predicted molar refractivity (Wildman–Crippen MR) is 151 cm³/mol. The van der Waals surface area contributed by atoms with Gasteiger partial charge in [-0.15, -0.1) is 0 Å². The van der Waals surface area contributed by atoms with Crippen molar-refractivity contribution in [1.82, 2.24) is 4.90 Å². The Kier molecular flexibility index (Phi) is 6.62. The lowest BCUT2D eigenvalue weighted by Crippen LogP contribution is -2.43. The molecular weight excluding hydrogens is 494 g/mol. The number of benzene rings is 3. The van der Waals surface area contributed by atoms with Gasteiger partial charge in [-0.1, -0.05) is 31.2 Å². The number of nitrogens with zero attached hydrogens (tertiary/aromatic N) is 3. The fourth-order valence-corrected chi connectivity index (χ4v) is 6.13. The molecule has 3 aliphatic heterocycles. The second-order valence-corrected chi connectivity index (χ2v) is 10.6. The van der Waals surface area contributed by atoms with Crippen LogP contribution in [0, 0.1) is 0 Å². The molecule has 2 amide bonds. The highest BCUT2D eigenvalue weighted by atomic mass is 16.5. The van der Waals surface area contributed by atoms with Crippen molar-refractivity contribution in [1.29, 1.82) is 0 Å². The molecule has 0 unspecified atom stereocenters. The molecule has 1 fully saturated rings. The summed E-state index contributed by atoms with van der Waals surface area (Å²) in [7, 11) is 1.55. The first-order valence-electron chi connectivity index (χ1n) is 13.7. The van der Waals surface area contributed by atoms with Gasteiger partial charge < -0.3 is 24.4 Å². The van der Waals surface area contributed by atoms with E-state index in [1.54, 1.807) is 30.2 Å². The molecule has 0 saturated carbocycles. The third-order valence-corrected chi connectivity index (χ3v) is 8.08. The lowest BCUT2D eigenvalue weighted by atomic mass is 9.95. The second kappa shape index (κ2) is 10.2. The van der Waals surface area contributed by atoms with Gasteiger partial charge in [0.15, 0.2) is 11.5 Å². The normalized spacial score (nSPS) is 19.9. The van der Waals surface area contributed by atoms with Crippen molar-refractivity contribution in [2.24, 2.45) is 4.99 Å². The molecule has 3 aliphatic rings. The monoisotopic (exact) mass is 527 g/mol. The number of methoxy groups -OCH3 is 1. The molecule has 0 bridgehead atoms. The molecule has 2 atom stereocenters. The maximum absolute atomic E-state index is 13.2. The Labute approximate surface area is 227 Å². The van der Waals surface area contributed by atoms with Gasteiger partial charge in [-0.2, -0.15) is 0 Å². The molecule has 3 aromatic rings. The van der Waals surface area contributed by atoms with Gasteiger partial charge in [0.25, 0.3) is 5.91 Å². The van der Waals surface area contributed by atoms with E-state index in [1.165, 1.54) is 0 Å². The number of ether oxygens (including phenoxy) is 2. The number of carbonyl (C=O) groups is 2. The Hall–Kier alpha value is -4.07. The van der Waals surface area contributed by atoms with Gasteiger partial charge in [0.2, 0.25) is 5.91 Å². The van der Waals surface area contributed by atoms with Gasteiger partial charge in [-0.25, -0.2) is 0 Å². The highest BCUT2D eigenvalue weighted by Crippen LogP contribution is 2.45. The number of anilines is 1. The minimum atomic E-state index is -0.0263. The zero-order valence-corrected chi connectivity index (χ0v) is 22.4. The number of aromatic hydroxyl groups is 1. The van der Waals surface area contributed by atoms with Gasteiger partial charge >= 0.3 is 0 Å². The third kappa shape index (κ3) is 4.47. The standard InChI is InChI=1S/C31H33N3O5/c1-19-18-34(25-16-26(35)21-9-3-4-10-22(21)30(19)25)29(36)11-7-13-39-28-15-24-23(14-27(28)38-2)31(37)33-12-6-5-8-20(33)17-32-24/h3-4,9-10,14-17,19-20,35H,5-8,11-13,18H2,1-2H3/t19-,20+/m1/s1. The van der Waals surface area contributed by atoms with Crippen molar-refractivity contribution < 1.29 is 24.2 Å². The maximum atomic E-state index is 13.2. The fraction of sp³-hybridized carbons (Fsp3) is 0.387. The van der Waals surface area contributed by atoms with Crippen LogP contribution in [0.4, 0.5) is 11.4 Å². The zero-order valence-electron chi connectivity index (χ0n) is 22.4. The van der Waals surface area contributed by atoms with Crippen LogP contribution in [0.15, 0.2) is 47.5 Å². The maximum Gasteiger partial charge on any atom is 0.256 e. The summed E-state index contributed by atoms with van der Waals surface area (Å²) in [6.45, 7) is 3.75. The summed E-state index contributed by atoms with van der Waals surface area (Å²) >= 11 is 0. The predicted octanol–water partition coefficient (Wildman–Crippen LogP) is 5.57. The first kappa shape index (κ1) is 25.2. The first-order chi connectivity index (χ1) is 19.0. The Morgan fingerprint density at radius 2 is 1.95 bits per heavy atom. The Bertz CT molecular complexity index is 1480. The van der Waals surface area contributed by atoms with Gasteiger partial charge in [-0.3, -0.25) is 14.6 Å². The minimum absolute atomic E-state index is 0.000346. The molecule has 202 valence electrons. The Balaban J connectivity index is 1.14. The van der Waals surface area contributed by atoms with Crippen LogP contribution in [0.3, 0.4) is 0 Å². The van der Waals surface area contributed by atoms with E-state index < -0.39 is 0 Å². The SMILES string of the molecule is COc1cc2c(cc1OCCCC(=O)N1C[C@@H](C)c3c1cc(O)c1ccccc31)N=C[C@@H]1CCCCN1C2=O. The van der Waals surface area contributed by atoms with Crippen molar-refractivity contribution in [2.75, 3.05) is 31.7 Å². The van der Waals surface area contributed by atoms with E-state index in [0.717, 1.165) is 47.8 Å². The quantitative estimate of drug-likeness (QED) is 0.423. The van der Waals surface area contributed by atoms with E-state index in [9.17, 15) is 14.7 Å². The van der Waals surface area contributed by atoms with Crippen molar-refractivity contribution in [3.8, 4) is 17.2 Å². The van der Waals surface area contributed by atoms with Gasteiger partial charge in [0, 0.05) is 49.2 Å². The molecule has 0 aliphatic carbocycles. The van der Waals surface area contributed by atoms with Crippen LogP contribution in [-0.2, 0) is 4.79 Å². The number of amides is 2. The van der Waals surface area contributed by atoms with Crippen LogP contribution in [-0.4, -0.2) is 60.9 Å². The lowest BCUT2D eigenvalue weighted by Gasteiger charge is -2.32. The van der Waals surface area contributed by atoms with E-state index in [2.05, 4.69) is 11.9 Å². The smallest absolute Gasteiger partial charge is 0.256 e. The molecule has 3 heterocycles. The van der Waals surface area contributed by atoms with E-state index in [-0.39, 0.29) is 29.5 Å². The zero-order chi connectivity index (χ0) is 27.1. The summed E-state index contributed by atoms with van der Waals surface area (Å²) in [5, 5.41) is 12.4. The van der Waals surface area contributed by atoms with Crippen LogP contribution in [0.5, 0.6) is 17.2 Å². The van der Waals surface area contributed by atoms with Crippen LogP contribution in [0.2, 0.25) is 0 Å². The molecule has 0 spiro atoms. The lowest BCUT2D eigenvalue weighted by molar-refractivity contribution is -0.118. The molecule has 0 aromatic heterocycles. The van der Waals surface area contributed by atoms with Crippen molar-refractivity contribution in [3.63, 3.8) is 0 Å². The Morgan fingerprint density at radius 3 is 2.77 bits per heavy atom. The number of fused-ring (bicyclic) bond motifs is 5. The molecule has 1 saturated heterocycles. The third-order valence-electron chi connectivity index (χ3n) is 8.08. The van der Waals surface area contributed by atoms with Crippen molar-refractivity contribution in [2.45, 2.75) is 51.0 Å². The summed E-state index contributed by atoms with van der Waals surface area (Å²) in [6.07, 6.45) is 5.70. The molecule has 8 heteroatoms. The summed E-state index contributed by atoms with van der Waals surface area (Å²) in [5.41, 5.74) is 2.99. The minimum Gasteiger partial charge on any atom is -0.507 e. The number of piperidine rings is 1. The van der Waals surface area contributed by atoms with Crippen LogP contribution in [0.1, 0.15) is 60.9 Å². The highest BCUT2D eigenvalue weighted by Gasteiger charge is 2.33. The second-order valence-electron chi connectivity index (χ2n) is 10.6. The number of phenolic OH excluding ortho intramolecular Hbond substituents is 1.